The van der Waals surface area contributed by atoms with E-state index in [1.165, 1.54) is 12.8 Å². The van der Waals surface area contributed by atoms with Crippen LogP contribution >= 0.6 is 0 Å². The average molecular weight is 238 g/mol. The van der Waals surface area contributed by atoms with Crippen molar-refractivity contribution >= 4 is 11.8 Å². The molecule has 1 saturated heterocycles. The van der Waals surface area contributed by atoms with Gasteiger partial charge in [0.25, 0.3) is 0 Å². The van der Waals surface area contributed by atoms with Gasteiger partial charge in [0.1, 0.15) is 6.04 Å². The van der Waals surface area contributed by atoms with E-state index in [1.54, 1.807) is 4.90 Å². The number of rotatable bonds is 4. The van der Waals surface area contributed by atoms with Crippen molar-refractivity contribution in [1.82, 2.24) is 10.2 Å². The molecule has 17 heavy (non-hydrogen) atoms. The number of carbonyl (C=O) groups excluding carboxylic acids is 2. The van der Waals surface area contributed by atoms with Crippen LogP contribution in [0.15, 0.2) is 0 Å². The molecule has 0 radical (unpaired) electrons. The number of piperazine rings is 1. The fraction of sp³-hybridized carbons (Fsp3) is 0.846. The van der Waals surface area contributed by atoms with E-state index in [0.717, 1.165) is 12.5 Å². The second-order valence-corrected chi connectivity index (χ2v) is 5.77. The molecule has 2 rings (SSSR count). The van der Waals surface area contributed by atoms with E-state index < -0.39 is 0 Å². The number of amides is 2. The Hall–Kier alpha value is -1.06. The van der Waals surface area contributed by atoms with Crippen LogP contribution in [0.3, 0.4) is 0 Å². The minimum absolute atomic E-state index is 0.00240. The van der Waals surface area contributed by atoms with E-state index in [9.17, 15) is 9.59 Å². The standard InChI is InChI=1S/C13H22N2O2/c1-8(2)12-13(17)14-6-11(16)15(12)7-9(3)10-4-5-10/h8-10,12H,4-7H2,1-3H3,(H,14,17). The lowest BCUT2D eigenvalue weighted by atomic mass is 9.96. The fourth-order valence-electron chi connectivity index (χ4n) is 2.67. The lowest BCUT2D eigenvalue weighted by molar-refractivity contribution is -0.148. The van der Waals surface area contributed by atoms with Crippen molar-refractivity contribution in [2.75, 3.05) is 13.1 Å². The molecule has 4 nitrogen and oxygen atoms in total. The first-order chi connectivity index (χ1) is 8.00. The topological polar surface area (TPSA) is 49.4 Å². The molecular weight excluding hydrogens is 216 g/mol. The molecule has 2 atom stereocenters. The molecule has 96 valence electrons. The maximum absolute atomic E-state index is 11.9. The maximum Gasteiger partial charge on any atom is 0.243 e. The first-order valence-electron chi connectivity index (χ1n) is 6.58. The summed E-state index contributed by atoms with van der Waals surface area (Å²) in [6, 6.07) is -0.280. The minimum atomic E-state index is -0.280. The maximum atomic E-state index is 11.9. The highest BCUT2D eigenvalue weighted by Crippen LogP contribution is 2.37. The third-order valence-corrected chi connectivity index (χ3v) is 3.88. The van der Waals surface area contributed by atoms with Crippen LogP contribution in [0.4, 0.5) is 0 Å². The molecular formula is C13H22N2O2. The molecule has 0 aromatic heterocycles. The highest BCUT2D eigenvalue weighted by molar-refractivity contribution is 5.94. The normalized spacial score (nSPS) is 27.3. The molecule has 0 aromatic rings. The number of nitrogens with zero attached hydrogens (tertiary/aromatic N) is 1. The first-order valence-corrected chi connectivity index (χ1v) is 6.58. The van der Waals surface area contributed by atoms with Crippen molar-refractivity contribution in [2.45, 2.75) is 39.7 Å². The molecule has 2 aliphatic rings. The summed E-state index contributed by atoms with van der Waals surface area (Å²) in [5.41, 5.74) is 0. The SMILES string of the molecule is CC(C)C1C(=O)NCC(=O)N1CC(C)C1CC1. The van der Waals surface area contributed by atoms with Gasteiger partial charge in [0.15, 0.2) is 0 Å². The molecule has 1 aliphatic carbocycles. The van der Waals surface area contributed by atoms with Crippen molar-refractivity contribution in [3.63, 3.8) is 0 Å². The Morgan fingerprint density at radius 3 is 2.47 bits per heavy atom. The predicted octanol–water partition coefficient (Wildman–Crippen LogP) is 1.02. The van der Waals surface area contributed by atoms with Crippen LogP contribution in [0.1, 0.15) is 33.6 Å². The second kappa shape index (κ2) is 4.67. The van der Waals surface area contributed by atoms with Gasteiger partial charge < -0.3 is 10.2 Å². The van der Waals surface area contributed by atoms with E-state index in [0.29, 0.717) is 5.92 Å². The van der Waals surface area contributed by atoms with Gasteiger partial charge in [0.05, 0.1) is 6.54 Å². The number of nitrogens with one attached hydrogen (secondary N) is 1. The Morgan fingerprint density at radius 1 is 1.29 bits per heavy atom. The van der Waals surface area contributed by atoms with Crippen LogP contribution in [-0.4, -0.2) is 35.8 Å². The lowest BCUT2D eigenvalue weighted by Crippen LogP contribution is -2.61. The smallest absolute Gasteiger partial charge is 0.243 e. The van der Waals surface area contributed by atoms with Crippen LogP contribution < -0.4 is 5.32 Å². The third kappa shape index (κ3) is 2.61. The van der Waals surface area contributed by atoms with E-state index in [4.69, 9.17) is 0 Å². The van der Waals surface area contributed by atoms with Gasteiger partial charge in [-0.15, -0.1) is 0 Å². The van der Waals surface area contributed by atoms with Crippen molar-refractivity contribution < 1.29 is 9.59 Å². The van der Waals surface area contributed by atoms with Crippen molar-refractivity contribution in [3.8, 4) is 0 Å². The van der Waals surface area contributed by atoms with E-state index in [2.05, 4.69) is 12.2 Å². The zero-order chi connectivity index (χ0) is 12.6. The Morgan fingerprint density at radius 2 is 1.94 bits per heavy atom. The molecule has 4 heteroatoms. The average Bonchev–Trinajstić information content (AvgIpc) is 3.06. The summed E-state index contributed by atoms with van der Waals surface area (Å²) in [7, 11) is 0. The first kappa shape index (κ1) is 12.4. The molecule has 1 aliphatic heterocycles. The van der Waals surface area contributed by atoms with Crippen molar-refractivity contribution in [3.05, 3.63) is 0 Å². The summed E-state index contributed by atoms with van der Waals surface area (Å²) in [6.45, 7) is 7.09. The third-order valence-electron chi connectivity index (χ3n) is 3.88. The van der Waals surface area contributed by atoms with Gasteiger partial charge in [0.2, 0.25) is 11.8 Å². The minimum Gasteiger partial charge on any atom is -0.345 e. The van der Waals surface area contributed by atoms with Crippen LogP contribution in [0, 0.1) is 17.8 Å². The molecule has 1 N–H and O–H groups in total. The Balaban J connectivity index is 2.07. The quantitative estimate of drug-likeness (QED) is 0.795. The van der Waals surface area contributed by atoms with Gasteiger partial charge in [-0.1, -0.05) is 20.8 Å². The molecule has 2 fully saturated rings. The van der Waals surface area contributed by atoms with Gasteiger partial charge >= 0.3 is 0 Å². The van der Waals surface area contributed by atoms with Crippen LogP contribution in [0.25, 0.3) is 0 Å². The summed E-state index contributed by atoms with van der Waals surface area (Å²) in [5.74, 6) is 1.52. The monoisotopic (exact) mass is 238 g/mol. The number of hydrogen-bond donors (Lipinski definition) is 1. The molecule has 0 bridgehead atoms. The summed E-state index contributed by atoms with van der Waals surface area (Å²) in [4.78, 5) is 25.6. The zero-order valence-corrected chi connectivity index (χ0v) is 10.9. The highest BCUT2D eigenvalue weighted by Gasteiger charge is 2.39. The van der Waals surface area contributed by atoms with Gasteiger partial charge in [-0.2, -0.15) is 0 Å². The van der Waals surface area contributed by atoms with Crippen LogP contribution in [-0.2, 0) is 9.59 Å². The van der Waals surface area contributed by atoms with E-state index >= 15 is 0 Å². The molecule has 0 aromatic carbocycles. The van der Waals surface area contributed by atoms with Crippen LogP contribution in [0.2, 0.25) is 0 Å². The predicted molar refractivity (Wildman–Crippen MR) is 65.2 cm³/mol. The second-order valence-electron chi connectivity index (χ2n) is 5.77. The molecule has 1 heterocycles. The molecule has 1 saturated carbocycles. The Bertz CT molecular complexity index is 323. The Kier molecular flexibility index (Phi) is 3.40. The summed E-state index contributed by atoms with van der Waals surface area (Å²) >= 11 is 0. The summed E-state index contributed by atoms with van der Waals surface area (Å²) in [6.07, 6.45) is 2.56. The van der Waals surface area contributed by atoms with Gasteiger partial charge in [0, 0.05) is 6.54 Å². The van der Waals surface area contributed by atoms with Crippen LogP contribution in [0.5, 0.6) is 0 Å². The fourth-order valence-corrected chi connectivity index (χ4v) is 2.67. The molecule has 2 unspecified atom stereocenters. The summed E-state index contributed by atoms with van der Waals surface area (Å²) in [5, 5.41) is 2.68. The van der Waals surface area contributed by atoms with Crippen molar-refractivity contribution in [2.24, 2.45) is 17.8 Å². The zero-order valence-electron chi connectivity index (χ0n) is 10.9. The summed E-state index contributed by atoms with van der Waals surface area (Å²) < 4.78 is 0. The number of carbonyl (C=O) groups is 2. The van der Waals surface area contributed by atoms with E-state index in [-0.39, 0.29) is 30.3 Å². The lowest BCUT2D eigenvalue weighted by Gasteiger charge is -2.38. The molecule has 0 spiro atoms. The van der Waals surface area contributed by atoms with Gasteiger partial charge in [-0.25, -0.2) is 0 Å². The highest BCUT2D eigenvalue weighted by atomic mass is 16.2. The number of hydrogen-bond acceptors (Lipinski definition) is 2. The molecule has 2 amide bonds. The largest absolute Gasteiger partial charge is 0.345 e. The van der Waals surface area contributed by atoms with Gasteiger partial charge in [-0.05, 0) is 30.6 Å². The Labute approximate surface area is 103 Å². The van der Waals surface area contributed by atoms with Gasteiger partial charge in [-0.3, -0.25) is 9.59 Å². The van der Waals surface area contributed by atoms with Crippen molar-refractivity contribution in [1.29, 1.82) is 0 Å². The van der Waals surface area contributed by atoms with E-state index in [1.807, 2.05) is 13.8 Å².